The average molecular weight is 440 g/mol. The molecule has 1 atom stereocenters. The fraction of sp³-hybridized carbons (Fsp3) is 0.227. The number of carbonyl (C=O) groups is 2. The van der Waals surface area contributed by atoms with Gasteiger partial charge in [-0.2, -0.15) is 0 Å². The van der Waals surface area contributed by atoms with Crippen LogP contribution in [0.25, 0.3) is 0 Å². The first kappa shape index (κ1) is 20.4. The Kier molecular flexibility index (Phi) is 6.06. The number of carbonyl (C=O) groups excluding carboxylic acids is 2. The lowest BCUT2D eigenvalue weighted by Gasteiger charge is -2.11. The molecule has 3 aromatic rings. The Balaban J connectivity index is 1.44. The van der Waals surface area contributed by atoms with Crippen LogP contribution in [-0.4, -0.2) is 30.2 Å². The minimum Gasteiger partial charge on any atom is -0.497 e. The number of aromatic nitrogens is 1. The third-order valence-electron chi connectivity index (χ3n) is 4.94. The number of hydrogen-bond acceptors (Lipinski definition) is 6. The monoisotopic (exact) mass is 439 g/mol. The number of methoxy groups -OCH3 is 1. The van der Waals surface area contributed by atoms with Gasteiger partial charge in [0.1, 0.15) is 5.75 Å². The Morgan fingerprint density at radius 2 is 1.97 bits per heavy atom. The van der Waals surface area contributed by atoms with E-state index in [-0.39, 0.29) is 17.7 Å². The van der Waals surface area contributed by atoms with Crippen LogP contribution in [0.1, 0.15) is 33.3 Å². The highest BCUT2D eigenvalue weighted by atomic mass is 32.2. The number of rotatable bonds is 6. The summed E-state index contributed by atoms with van der Waals surface area (Å²) in [6, 6.07) is 14.7. The lowest BCUT2D eigenvalue weighted by Crippen LogP contribution is -2.20. The standard InChI is InChI=1S/C22H21N3O3S2/c1-28-15-8-6-13(7-9-15)20(26)25-22-24-19-17(10-11-18(19)30-22)21(27)23-14-4-3-5-16(12-14)29-2/h3-9,12,17H,10-11H2,1-2H3,(H,23,27)(H,24,25,26). The molecule has 0 spiro atoms. The van der Waals surface area contributed by atoms with Crippen LogP contribution in [0.4, 0.5) is 10.8 Å². The highest BCUT2D eigenvalue weighted by Crippen LogP contribution is 2.39. The minimum atomic E-state index is -0.305. The summed E-state index contributed by atoms with van der Waals surface area (Å²) in [4.78, 5) is 32.0. The van der Waals surface area contributed by atoms with Crippen molar-refractivity contribution in [3.8, 4) is 5.75 Å². The van der Waals surface area contributed by atoms with Crippen molar-refractivity contribution in [1.29, 1.82) is 0 Å². The molecule has 1 aliphatic rings. The van der Waals surface area contributed by atoms with E-state index in [2.05, 4.69) is 15.6 Å². The van der Waals surface area contributed by atoms with Gasteiger partial charge in [0.05, 0.1) is 18.7 Å². The van der Waals surface area contributed by atoms with E-state index in [9.17, 15) is 9.59 Å². The molecule has 1 aromatic heterocycles. The van der Waals surface area contributed by atoms with Gasteiger partial charge < -0.3 is 10.1 Å². The van der Waals surface area contributed by atoms with Crippen molar-refractivity contribution in [3.63, 3.8) is 0 Å². The third-order valence-corrected chi connectivity index (χ3v) is 6.72. The molecule has 0 radical (unpaired) electrons. The molecule has 8 heteroatoms. The molecule has 2 amide bonds. The Bertz CT molecular complexity index is 1080. The molecular weight excluding hydrogens is 418 g/mol. The Labute approximate surface area is 183 Å². The van der Waals surface area contributed by atoms with Crippen LogP contribution in [0.3, 0.4) is 0 Å². The van der Waals surface area contributed by atoms with E-state index in [1.165, 1.54) is 11.3 Å². The molecule has 4 rings (SSSR count). The number of thiazole rings is 1. The molecule has 2 N–H and O–H groups in total. The average Bonchev–Trinajstić information content (AvgIpc) is 3.34. The van der Waals surface area contributed by atoms with Gasteiger partial charge in [-0.3, -0.25) is 14.9 Å². The second-order valence-corrected chi connectivity index (χ2v) is 8.79. The quantitative estimate of drug-likeness (QED) is 0.540. The van der Waals surface area contributed by atoms with Gasteiger partial charge in [-0.05, 0) is 61.6 Å². The molecule has 1 aliphatic carbocycles. The number of fused-ring (bicyclic) bond motifs is 1. The first-order valence-corrected chi connectivity index (χ1v) is 11.5. The summed E-state index contributed by atoms with van der Waals surface area (Å²) in [5, 5.41) is 6.36. The third kappa shape index (κ3) is 4.34. The Morgan fingerprint density at radius 1 is 1.17 bits per heavy atom. The van der Waals surface area contributed by atoms with Gasteiger partial charge in [-0.1, -0.05) is 6.07 Å². The van der Waals surface area contributed by atoms with E-state index in [4.69, 9.17) is 4.74 Å². The number of nitrogens with zero attached hydrogens (tertiary/aromatic N) is 1. The number of benzene rings is 2. The summed E-state index contributed by atoms with van der Waals surface area (Å²) in [7, 11) is 1.58. The summed E-state index contributed by atoms with van der Waals surface area (Å²) < 4.78 is 5.12. The maximum atomic E-state index is 12.8. The number of nitrogens with one attached hydrogen (secondary N) is 2. The van der Waals surface area contributed by atoms with Crippen molar-refractivity contribution >= 4 is 45.7 Å². The number of ether oxygens (including phenoxy) is 1. The van der Waals surface area contributed by atoms with Crippen molar-refractivity contribution in [3.05, 3.63) is 64.7 Å². The zero-order valence-electron chi connectivity index (χ0n) is 16.6. The molecule has 2 aromatic carbocycles. The summed E-state index contributed by atoms with van der Waals surface area (Å²) in [6.45, 7) is 0. The van der Waals surface area contributed by atoms with E-state index in [0.717, 1.165) is 34.0 Å². The fourth-order valence-electron chi connectivity index (χ4n) is 3.38. The van der Waals surface area contributed by atoms with Gasteiger partial charge >= 0.3 is 0 Å². The van der Waals surface area contributed by atoms with E-state index in [1.807, 2.05) is 30.5 Å². The highest BCUT2D eigenvalue weighted by molar-refractivity contribution is 7.98. The first-order chi connectivity index (χ1) is 14.6. The topological polar surface area (TPSA) is 80.3 Å². The van der Waals surface area contributed by atoms with Crippen LogP contribution in [0.2, 0.25) is 0 Å². The maximum Gasteiger partial charge on any atom is 0.257 e. The number of aryl methyl sites for hydroxylation is 1. The SMILES string of the molecule is COc1ccc(C(=O)Nc2nc3c(s2)CCC3C(=O)Nc2cccc(SC)c2)cc1. The lowest BCUT2D eigenvalue weighted by molar-refractivity contribution is -0.117. The fourth-order valence-corrected chi connectivity index (χ4v) is 4.87. The van der Waals surface area contributed by atoms with E-state index >= 15 is 0 Å². The van der Waals surface area contributed by atoms with Crippen molar-refractivity contribution in [1.82, 2.24) is 4.98 Å². The van der Waals surface area contributed by atoms with Crippen molar-refractivity contribution in [2.75, 3.05) is 24.0 Å². The first-order valence-electron chi connectivity index (χ1n) is 9.47. The molecule has 154 valence electrons. The lowest BCUT2D eigenvalue weighted by atomic mass is 10.1. The smallest absolute Gasteiger partial charge is 0.257 e. The van der Waals surface area contributed by atoms with Crippen LogP contribution in [-0.2, 0) is 11.2 Å². The van der Waals surface area contributed by atoms with Crippen LogP contribution < -0.4 is 15.4 Å². The Morgan fingerprint density at radius 3 is 2.70 bits per heavy atom. The largest absolute Gasteiger partial charge is 0.497 e. The van der Waals surface area contributed by atoms with Gasteiger partial charge in [0, 0.05) is 21.0 Å². The molecule has 0 fully saturated rings. The predicted octanol–water partition coefficient (Wildman–Crippen LogP) is 4.79. The van der Waals surface area contributed by atoms with Crippen molar-refractivity contribution < 1.29 is 14.3 Å². The van der Waals surface area contributed by atoms with Crippen LogP contribution in [0.5, 0.6) is 5.75 Å². The summed E-state index contributed by atoms with van der Waals surface area (Å²) in [5.41, 5.74) is 2.07. The molecule has 0 bridgehead atoms. The maximum absolute atomic E-state index is 12.8. The minimum absolute atomic E-state index is 0.0645. The van der Waals surface area contributed by atoms with Crippen LogP contribution in [0.15, 0.2) is 53.4 Å². The van der Waals surface area contributed by atoms with Gasteiger partial charge in [0.2, 0.25) is 5.91 Å². The normalized spacial score (nSPS) is 14.8. The second kappa shape index (κ2) is 8.89. The Hall–Kier alpha value is -2.84. The molecule has 6 nitrogen and oxygen atoms in total. The van der Waals surface area contributed by atoms with Gasteiger partial charge in [0.25, 0.3) is 5.91 Å². The second-order valence-electron chi connectivity index (χ2n) is 6.82. The molecule has 0 saturated heterocycles. The van der Waals surface area contributed by atoms with Crippen molar-refractivity contribution in [2.45, 2.75) is 23.7 Å². The highest BCUT2D eigenvalue weighted by Gasteiger charge is 2.33. The summed E-state index contributed by atoms with van der Waals surface area (Å²) >= 11 is 3.07. The molecule has 1 heterocycles. The zero-order valence-corrected chi connectivity index (χ0v) is 18.2. The molecule has 0 saturated carbocycles. The molecule has 0 aliphatic heterocycles. The summed E-state index contributed by atoms with van der Waals surface area (Å²) in [5.74, 6) is 0.0859. The van der Waals surface area contributed by atoms with Gasteiger partial charge in [-0.15, -0.1) is 23.1 Å². The molecule has 1 unspecified atom stereocenters. The van der Waals surface area contributed by atoms with Crippen LogP contribution >= 0.6 is 23.1 Å². The van der Waals surface area contributed by atoms with Gasteiger partial charge in [-0.25, -0.2) is 4.98 Å². The number of amides is 2. The van der Waals surface area contributed by atoms with E-state index < -0.39 is 0 Å². The number of thioether (sulfide) groups is 1. The zero-order chi connectivity index (χ0) is 21.1. The predicted molar refractivity (Wildman–Crippen MR) is 121 cm³/mol. The van der Waals surface area contributed by atoms with E-state index in [0.29, 0.717) is 16.4 Å². The van der Waals surface area contributed by atoms with Gasteiger partial charge in [0.15, 0.2) is 5.13 Å². The molecule has 30 heavy (non-hydrogen) atoms. The number of hydrogen-bond donors (Lipinski definition) is 2. The number of anilines is 2. The van der Waals surface area contributed by atoms with E-state index in [1.54, 1.807) is 43.1 Å². The van der Waals surface area contributed by atoms with Crippen molar-refractivity contribution in [2.24, 2.45) is 0 Å². The van der Waals surface area contributed by atoms with Crippen LogP contribution in [0, 0.1) is 0 Å². The summed E-state index contributed by atoms with van der Waals surface area (Å²) in [6.07, 6.45) is 3.52. The molecular formula is C22H21N3O3S2.